The maximum atomic E-state index is 13.5. The highest BCUT2D eigenvalue weighted by atomic mass is 35.5. The van der Waals surface area contributed by atoms with Crippen LogP contribution in [-0.2, 0) is 11.3 Å². The number of rotatable bonds is 6. The van der Waals surface area contributed by atoms with Gasteiger partial charge in [-0.05, 0) is 30.8 Å². The lowest BCUT2D eigenvalue weighted by molar-refractivity contribution is -0.119. The van der Waals surface area contributed by atoms with E-state index in [4.69, 9.17) is 11.6 Å². The van der Waals surface area contributed by atoms with E-state index in [0.717, 1.165) is 0 Å². The molecule has 3 aromatic rings. The van der Waals surface area contributed by atoms with E-state index in [2.05, 4.69) is 9.97 Å². The molecule has 0 fully saturated rings. The number of aromatic amines is 1. The number of nitrogens with one attached hydrogen (secondary N) is 1. The molecule has 0 atom stereocenters. The highest BCUT2D eigenvalue weighted by Gasteiger charge is 2.18. The number of halogens is 2. The number of anilines is 1. The Balaban J connectivity index is 1.77. The third-order valence-corrected chi connectivity index (χ3v) is 4.80. The molecule has 3 rings (SSSR count). The van der Waals surface area contributed by atoms with Crippen molar-refractivity contribution in [3.8, 4) is 0 Å². The molecule has 8 heteroatoms. The molecule has 1 amide bonds. The fraction of sp³-hybridized carbons (Fsp3) is 0.250. The second kappa shape index (κ2) is 8.50. The summed E-state index contributed by atoms with van der Waals surface area (Å²) in [4.78, 5) is 35.2. The van der Waals surface area contributed by atoms with Gasteiger partial charge < -0.3 is 9.88 Å². The van der Waals surface area contributed by atoms with Crippen molar-refractivity contribution in [2.45, 2.75) is 13.5 Å². The van der Waals surface area contributed by atoms with Crippen LogP contribution in [-0.4, -0.2) is 40.9 Å². The van der Waals surface area contributed by atoms with Gasteiger partial charge in [-0.2, -0.15) is 0 Å². The quantitative estimate of drug-likeness (QED) is 0.687. The average molecular weight is 403 g/mol. The highest BCUT2D eigenvalue weighted by Crippen LogP contribution is 2.24. The number of nitrogens with zero attached hydrogens (tertiary/aromatic N) is 3. The van der Waals surface area contributed by atoms with E-state index >= 15 is 0 Å². The van der Waals surface area contributed by atoms with E-state index in [0.29, 0.717) is 28.5 Å². The zero-order valence-corrected chi connectivity index (χ0v) is 16.3. The van der Waals surface area contributed by atoms with E-state index in [9.17, 15) is 14.0 Å². The molecule has 2 aromatic carbocycles. The summed E-state index contributed by atoms with van der Waals surface area (Å²) in [5, 5.41) is 0.812. The Morgan fingerprint density at radius 1 is 1.25 bits per heavy atom. The largest absolute Gasteiger partial charge is 0.313 e. The molecule has 1 heterocycles. The molecule has 0 saturated carbocycles. The molecule has 6 nitrogen and oxygen atoms in total. The van der Waals surface area contributed by atoms with Gasteiger partial charge in [0.2, 0.25) is 5.91 Å². The lowest BCUT2D eigenvalue weighted by Gasteiger charge is -2.24. The Kier molecular flexibility index (Phi) is 6.06. The number of H-pyrrole nitrogens is 1. The van der Waals surface area contributed by atoms with E-state index in [1.165, 1.54) is 23.1 Å². The molecule has 28 heavy (non-hydrogen) atoms. The molecule has 0 aliphatic heterocycles. The number of para-hydroxylation sites is 1. The Bertz CT molecular complexity index is 1070. The third-order valence-electron chi connectivity index (χ3n) is 4.48. The van der Waals surface area contributed by atoms with Crippen LogP contribution in [0.1, 0.15) is 12.7 Å². The van der Waals surface area contributed by atoms with E-state index < -0.39 is 5.82 Å². The van der Waals surface area contributed by atoms with Gasteiger partial charge in [-0.15, -0.1) is 0 Å². The van der Waals surface area contributed by atoms with Crippen molar-refractivity contribution in [3.63, 3.8) is 0 Å². The summed E-state index contributed by atoms with van der Waals surface area (Å²) >= 11 is 6.16. The van der Waals surface area contributed by atoms with Crippen molar-refractivity contribution in [2.24, 2.45) is 0 Å². The maximum Gasteiger partial charge on any atom is 0.258 e. The molecular formula is C20H20ClFN4O2. The number of likely N-dealkylation sites (N-methyl/N-ethyl adjacent to an activating group) is 2. The molecule has 0 unspecified atom stereocenters. The van der Waals surface area contributed by atoms with Gasteiger partial charge in [0.1, 0.15) is 11.6 Å². The van der Waals surface area contributed by atoms with Gasteiger partial charge in [0.25, 0.3) is 5.56 Å². The topological polar surface area (TPSA) is 69.3 Å². The van der Waals surface area contributed by atoms with Crippen LogP contribution in [0.4, 0.5) is 10.1 Å². The summed E-state index contributed by atoms with van der Waals surface area (Å²) in [5.41, 5.74) is 0.572. The third kappa shape index (κ3) is 4.37. The molecular weight excluding hydrogens is 383 g/mol. The fourth-order valence-electron chi connectivity index (χ4n) is 2.88. The number of amides is 1. The summed E-state index contributed by atoms with van der Waals surface area (Å²) in [5.74, 6) is -0.234. The monoisotopic (exact) mass is 402 g/mol. The molecule has 0 bridgehead atoms. The van der Waals surface area contributed by atoms with Gasteiger partial charge in [-0.3, -0.25) is 14.5 Å². The van der Waals surface area contributed by atoms with Crippen molar-refractivity contribution >= 4 is 34.1 Å². The first kappa shape index (κ1) is 20.0. The maximum absolute atomic E-state index is 13.5. The summed E-state index contributed by atoms with van der Waals surface area (Å²) in [6.07, 6.45) is 0. The van der Waals surface area contributed by atoms with Crippen LogP contribution in [0.2, 0.25) is 5.02 Å². The van der Waals surface area contributed by atoms with E-state index in [-0.39, 0.29) is 30.1 Å². The number of aromatic nitrogens is 2. The number of hydrogen-bond donors (Lipinski definition) is 1. The van der Waals surface area contributed by atoms with Crippen molar-refractivity contribution < 1.29 is 9.18 Å². The van der Waals surface area contributed by atoms with Crippen LogP contribution in [0.25, 0.3) is 10.9 Å². The molecule has 1 N–H and O–H groups in total. The van der Waals surface area contributed by atoms with Gasteiger partial charge in [-0.1, -0.05) is 30.7 Å². The van der Waals surface area contributed by atoms with Gasteiger partial charge >= 0.3 is 0 Å². The van der Waals surface area contributed by atoms with Crippen molar-refractivity contribution in [2.75, 3.05) is 25.0 Å². The number of carbonyl (C=O) groups is 1. The fourth-order valence-corrected chi connectivity index (χ4v) is 3.15. The van der Waals surface area contributed by atoms with Crippen LogP contribution in [0.3, 0.4) is 0 Å². The predicted octanol–water partition coefficient (Wildman–Crippen LogP) is 3.20. The van der Waals surface area contributed by atoms with Crippen LogP contribution in [0.15, 0.2) is 47.3 Å². The summed E-state index contributed by atoms with van der Waals surface area (Å²) in [6.45, 7) is 2.83. The van der Waals surface area contributed by atoms with E-state index in [1.807, 2.05) is 17.9 Å². The van der Waals surface area contributed by atoms with Crippen LogP contribution in [0, 0.1) is 5.82 Å². The lowest BCUT2D eigenvalue weighted by atomic mass is 10.2. The molecule has 0 spiro atoms. The Labute approximate surface area is 166 Å². The first-order valence-electron chi connectivity index (χ1n) is 8.81. The second-order valence-electron chi connectivity index (χ2n) is 6.38. The van der Waals surface area contributed by atoms with Gasteiger partial charge in [0.05, 0.1) is 34.7 Å². The lowest BCUT2D eigenvalue weighted by Crippen LogP contribution is -2.38. The normalized spacial score (nSPS) is 11.2. The van der Waals surface area contributed by atoms with Crippen LogP contribution < -0.4 is 10.5 Å². The summed E-state index contributed by atoms with van der Waals surface area (Å²) in [6, 6.07) is 11.0. The Hall–Kier alpha value is -2.77. The standard InChI is InChI=1S/C20H20ClFN4O2/c1-3-26(12-19(27)25(2)17-7-5-4-6-15(17)21)11-18-23-16-10-13(22)8-9-14(16)20(28)24-18/h4-10H,3,11-12H2,1-2H3,(H,23,24,28). The smallest absolute Gasteiger partial charge is 0.258 e. The van der Waals surface area contributed by atoms with Crippen molar-refractivity contribution in [1.29, 1.82) is 0 Å². The van der Waals surface area contributed by atoms with Gasteiger partial charge in [0.15, 0.2) is 0 Å². The first-order chi connectivity index (χ1) is 13.4. The van der Waals surface area contributed by atoms with Crippen molar-refractivity contribution in [1.82, 2.24) is 14.9 Å². The average Bonchev–Trinajstić information content (AvgIpc) is 2.66. The van der Waals surface area contributed by atoms with Crippen molar-refractivity contribution in [3.05, 3.63) is 69.5 Å². The Morgan fingerprint density at radius 2 is 2.00 bits per heavy atom. The molecule has 0 aliphatic rings. The molecule has 1 aromatic heterocycles. The minimum absolute atomic E-state index is 0.114. The highest BCUT2D eigenvalue weighted by molar-refractivity contribution is 6.33. The molecule has 0 aliphatic carbocycles. The zero-order chi connectivity index (χ0) is 20.3. The SMILES string of the molecule is CCN(CC(=O)N(C)c1ccccc1Cl)Cc1nc2cc(F)ccc2c(=O)[nH]1. The summed E-state index contributed by atoms with van der Waals surface area (Å²) < 4.78 is 13.5. The second-order valence-corrected chi connectivity index (χ2v) is 6.79. The minimum atomic E-state index is -0.458. The molecule has 146 valence electrons. The predicted molar refractivity (Wildman–Crippen MR) is 108 cm³/mol. The van der Waals surface area contributed by atoms with Crippen LogP contribution >= 0.6 is 11.6 Å². The molecule has 0 radical (unpaired) electrons. The molecule has 0 saturated heterocycles. The number of hydrogen-bond acceptors (Lipinski definition) is 4. The summed E-state index contributed by atoms with van der Waals surface area (Å²) in [7, 11) is 1.66. The van der Waals surface area contributed by atoms with Gasteiger partial charge in [0, 0.05) is 13.1 Å². The van der Waals surface area contributed by atoms with Gasteiger partial charge in [-0.25, -0.2) is 9.37 Å². The van der Waals surface area contributed by atoms with Crippen LogP contribution in [0.5, 0.6) is 0 Å². The van der Waals surface area contributed by atoms with E-state index in [1.54, 1.807) is 25.2 Å². The number of carbonyl (C=O) groups excluding carboxylic acids is 1. The minimum Gasteiger partial charge on any atom is -0.313 e. The number of benzene rings is 2. The Morgan fingerprint density at radius 3 is 2.71 bits per heavy atom. The zero-order valence-electron chi connectivity index (χ0n) is 15.6. The first-order valence-corrected chi connectivity index (χ1v) is 9.18. The number of fused-ring (bicyclic) bond motifs is 1.